The molecule has 2 aromatic carbocycles. The zero-order valence-electron chi connectivity index (χ0n) is 12.8. The highest BCUT2D eigenvalue weighted by atomic mass is 16.6. The number of ether oxygens (including phenoxy) is 1. The van der Waals surface area contributed by atoms with Crippen LogP contribution in [-0.4, -0.2) is 22.9 Å². The van der Waals surface area contributed by atoms with Gasteiger partial charge in [0.05, 0.1) is 22.5 Å². The molecule has 2 aromatic rings. The van der Waals surface area contributed by atoms with Gasteiger partial charge in [-0.2, -0.15) is 0 Å². The minimum Gasteiger partial charge on any atom is -0.465 e. The van der Waals surface area contributed by atoms with E-state index in [2.05, 4.69) is 10.1 Å². The molecule has 2 rings (SSSR count). The fourth-order valence-electron chi connectivity index (χ4n) is 2.11. The number of nitrogens with zero attached hydrogens (tertiary/aromatic N) is 2. The van der Waals surface area contributed by atoms with E-state index in [-0.39, 0.29) is 11.3 Å². The number of nitro benzene ring substituents is 2. The van der Waals surface area contributed by atoms with Crippen LogP contribution in [0.2, 0.25) is 0 Å². The number of hydrogen-bond acceptors (Lipinski definition) is 7. The Kier molecular flexibility index (Phi) is 4.73. The maximum Gasteiger partial charge on any atom is 0.338 e. The number of nitrogens with one attached hydrogen (secondary N) is 1. The topological polar surface area (TPSA) is 125 Å². The number of nitro groups is 2. The molecule has 24 heavy (non-hydrogen) atoms. The first-order valence-electron chi connectivity index (χ1n) is 6.73. The van der Waals surface area contributed by atoms with Gasteiger partial charge in [-0.25, -0.2) is 4.79 Å². The maximum absolute atomic E-state index is 11.6. The van der Waals surface area contributed by atoms with Crippen molar-refractivity contribution >= 4 is 28.7 Å². The Labute approximate surface area is 136 Å². The Balaban J connectivity index is 2.68. The van der Waals surface area contributed by atoms with E-state index in [1.54, 1.807) is 31.2 Å². The van der Waals surface area contributed by atoms with E-state index in [9.17, 15) is 25.0 Å². The minimum absolute atomic E-state index is 0.272. The third kappa shape index (κ3) is 3.29. The normalized spacial score (nSPS) is 10.1. The van der Waals surface area contributed by atoms with Crippen LogP contribution in [-0.2, 0) is 4.74 Å². The van der Waals surface area contributed by atoms with Crippen molar-refractivity contribution in [2.24, 2.45) is 0 Å². The van der Waals surface area contributed by atoms with Crippen molar-refractivity contribution in [3.8, 4) is 0 Å². The van der Waals surface area contributed by atoms with Crippen LogP contribution in [0.15, 0.2) is 36.4 Å². The van der Waals surface area contributed by atoms with Crippen LogP contribution in [0.1, 0.15) is 15.9 Å². The second kappa shape index (κ2) is 6.73. The van der Waals surface area contributed by atoms with Crippen molar-refractivity contribution in [2.75, 3.05) is 12.4 Å². The summed E-state index contributed by atoms with van der Waals surface area (Å²) in [6.07, 6.45) is 0. The van der Waals surface area contributed by atoms with Gasteiger partial charge < -0.3 is 10.1 Å². The highest BCUT2D eigenvalue weighted by molar-refractivity contribution is 5.94. The van der Waals surface area contributed by atoms with Crippen molar-refractivity contribution in [3.05, 3.63) is 67.8 Å². The van der Waals surface area contributed by atoms with Crippen LogP contribution >= 0.6 is 0 Å². The molecular weight excluding hydrogens is 318 g/mol. The molecular formula is C15H13N3O6. The van der Waals surface area contributed by atoms with Crippen molar-refractivity contribution in [3.63, 3.8) is 0 Å². The Hall–Kier alpha value is -3.49. The Morgan fingerprint density at radius 3 is 2.08 bits per heavy atom. The van der Waals surface area contributed by atoms with Crippen LogP contribution in [0.25, 0.3) is 0 Å². The SMILES string of the molecule is COC(=O)c1cc([N+](=O)[O-])c(Nc2ccccc2C)c([N+](=O)[O-])c1. The quantitative estimate of drug-likeness (QED) is 0.506. The van der Waals surface area contributed by atoms with Crippen molar-refractivity contribution < 1.29 is 19.4 Å². The first-order valence-corrected chi connectivity index (χ1v) is 6.73. The number of benzene rings is 2. The summed E-state index contributed by atoms with van der Waals surface area (Å²) >= 11 is 0. The van der Waals surface area contributed by atoms with Gasteiger partial charge in [0.15, 0.2) is 5.69 Å². The fourth-order valence-corrected chi connectivity index (χ4v) is 2.11. The summed E-state index contributed by atoms with van der Waals surface area (Å²) in [6, 6.07) is 8.73. The molecule has 0 aliphatic heterocycles. The van der Waals surface area contributed by atoms with E-state index >= 15 is 0 Å². The number of carbonyl (C=O) groups excluding carboxylic acids is 1. The van der Waals surface area contributed by atoms with Gasteiger partial charge in [-0.1, -0.05) is 18.2 Å². The summed E-state index contributed by atoms with van der Waals surface area (Å²) in [7, 11) is 1.08. The molecule has 0 saturated heterocycles. The Morgan fingerprint density at radius 2 is 1.62 bits per heavy atom. The van der Waals surface area contributed by atoms with E-state index in [4.69, 9.17) is 0 Å². The third-order valence-electron chi connectivity index (χ3n) is 3.32. The van der Waals surface area contributed by atoms with Gasteiger partial charge in [0.25, 0.3) is 0 Å². The van der Waals surface area contributed by atoms with Crippen molar-refractivity contribution in [1.82, 2.24) is 0 Å². The average Bonchev–Trinajstić information content (AvgIpc) is 2.55. The van der Waals surface area contributed by atoms with Gasteiger partial charge in [0.1, 0.15) is 0 Å². The van der Waals surface area contributed by atoms with E-state index in [0.29, 0.717) is 5.69 Å². The molecule has 0 fully saturated rings. The number of esters is 1. The molecule has 0 aliphatic carbocycles. The zero-order chi connectivity index (χ0) is 17.9. The smallest absolute Gasteiger partial charge is 0.338 e. The highest BCUT2D eigenvalue weighted by Crippen LogP contribution is 2.38. The summed E-state index contributed by atoms with van der Waals surface area (Å²) in [5.41, 5.74) is -0.522. The molecule has 0 aromatic heterocycles. The number of rotatable bonds is 5. The number of carbonyl (C=O) groups is 1. The van der Waals surface area contributed by atoms with Gasteiger partial charge in [-0.3, -0.25) is 20.2 Å². The maximum atomic E-state index is 11.6. The van der Waals surface area contributed by atoms with Gasteiger partial charge in [0, 0.05) is 17.8 Å². The predicted octanol–water partition coefficient (Wildman–Crippen LogP) is 3.34. The standard InChI is InChI=1S/C15H13N3O6/c1-9-5-3-4-6-11(9)16-14-12(17(20)21)7-10(15(19)24-2)8-13(14)18(22)23/h3-8,16H,1-2H3. The van der Waals surface area contributed by atoms with Gasteiger partial charge in [-0.15, -0.1) is 0 Å². The van der Waals surface area contributed by atoms with Crippen LogP contribution in [0.4, 0.5) is 22.7 Å². The molecule has 0 aliphatic rings. The van der Waals surface area contributed by atoms with Crippen LogP contribution in [0, 0.1) is 27.2 Å². The number of anilines is 2. The minimum atomic E-state index is -0.899. The van der Waals surface area contributed by atoms with Gasteiger partial charge in [0.2, 0.25) is 0 Å². The van der Waals surface area contributed by atoms with E-state index < -0.39 is 27.2 Å². The predicted molar refractivity (Wildman–Crippen MR) is 85.6 cm³/mol. The first-order chi connectivity index (χ1) is 11.3. The van der Waals surface area contributed by atoms with Crippen molar-refractivity contribution in [2.45, 2.75) is 6.92 Å². The summed E-state index contributed by atoms with van der Waals surface area (Å²) < 4.78 is 4.48. The molecule has 9 nitrogen and oxygen atoms in total. The van der Waals surface area contributed by atoms with Gasteiger partial charge >= 0.3 is 17.3 Å². The van der Waals surface area contributed by atoms with Crippen LogP contribution < -0.4 is 5.32 Å². The largest absolute Gasteiger partial charge is 0.465 e. The summed E-state index contributed by atoms with van der Waals surface area (Å²) in [4.78, 5) is 32.7. The lowest BCUT2D eigenvalue weighted by atomic mass is 10.1. The number of para-hydroxylation sites is 1. The lowest BCUT2D eigenvalue weighted by Crippen LogP contribution is -2.07. The summed E-state index contributed by atoms with van der Waals surface area (Å²) in [5.74, 6) is -0.899. The first kappa shape index (κ1) is 16.9. The average molecular weight is 331 g/mol. The van der Waals surface area contributed by atoms with Crippen LogP contribution in [0.5, 0.6) is 0 Å². The Morgan fingerprint density at radius 1 is 1.08 bits per heavy atom. The molecule has 0 radical (unpaired) electrons. The van der Waals surface area contributed by atoms with Crippen LogP contribution in [0.3, 0.4) is 0 Å². The number of hydrogen-bond donors (Lipinski definition) is 1. The van der Waals surface area contributed by atoms with Gasteiger partial charge in [-0.05, 0) is 18.6 Å². The monoisotopic (exact) mass is 331 g/mol. The molecule has 0 bridgehead atoms. The zero-order valence-corrected chi connectivity index (χ0v) is 12.8. The number of aryl methyl sites for hydroxylation is 1. The van der Waals surface area contributed by atoms with E-state index in [1.807, 2.05) is 0 Å². The molecule has 0 unspecified atom stereocenters. The Bertz CT molecular complexity index is 799. The molecule has 1 N–H and O–H groups in total. The summed E-state index contributed by atoms with van der Waals surface area (Å²) in [5, 5.41) is 25.4. The molecule has 124 valence electrons. The lowest BCUT2D eigenvalue weighted by molar-refractivity contribution is -0.392. The second-order valence-corrected chi connectivity index (χ2v) is 4.84. The molecule has 0 spiro atoms. The molecule has 0 atom stereocenters. The van der Waals surface area contributed by atoms with Crippen molar-refractivity contribution in [1.29, 1.82) is 0 Å². The number of methoxy groups -OCH3 is 1. The second-order valence-electron chi connectivity index (χ2n) is 4.84. The molecule has 9 heteroatoms. The molecule has 0 saturated carbocycles. The molecule has 0 amide bonds. The van der Waals surface area contributed by atoms with E-state index in [1.165, 1.54) is 0 Å². The van der Waals surface area contributed by atoms with E-state index in [0.717, 1.165) is 24.8 Å². The third-order valence-corrected chi connectivity index (χ3v) is 3.32. The molecule has 0 heterocycles. The highest BCUT2D eigenvalue weighted by Gasteiger charge is 2.29. The fraction of sp³-hybridized carbons (Fsp3) is 0.133. The lowest BCUT2D eigenvalue weighted by Gasteiger charge is -2.11. The summed E-state index contributed by atoms with van der Waals surface area (Å²) in [6.45, 7) is 1.75.